The van der Waals surface area contributed by atoms with Gasteiger partial charge in [-0.3, -0.25) is 0 Å². The average molecular weight is 107 g/mol. The molecule has 0 aromatic carbocycles. The van der Waals surface area contributed by atoms with E-state index in [1.807, 2.05) is 6.20 Å². The van der Waals surface area contributed by atoms with E-state index in [1.165, 1.54) is 0 Å². The molecule has 0 aliphatic carbocycles. The summed E-state index contributed by atoms with van der Waals surface area (Å²) < 4.78 is 0. The summed E-state index contributed by atoms with van der Waals surface area (Å²) in [5.41, 5.74) is 3.05. The Morgan fingerprint density at radius 3 is 3.62 bits per heavy atom. The van der Waals surface area contributed by atoms with E-state index in [4.69, 9.17) is 0 Å². The Labute approximate surface area is 48.5 Å². The summed E-state index contributed by atoms with van der Waals surface area (Å²) in [6.07, 6.45) is 9.25. The molecule has 1 N–H and O–H groups in total. The first-order chi connectivity index (χ1) is 3.97. The summed E-state index contributed by atoms with van der Waals surface area (Å²) in [4.78, 5) is 0. The van der Waals surface area contributed by atoms with Gasteiger partial charge < -0.3 is 5.43 Å². The van der Waals surface area contributed by atoms with Gasteiger partial charge in [-0.2, -0.15) is 0 Å². The highest BCUT2D eigenvalue weighted by atomic mass is 15.5. The van der Waals surface area contributed by atoms with Gasteiger partial charge in [-0.1, -0.05) is 12.2 Å². The first kappa shape index (κ1) is 4.15. The van der Waals surface area contributed by atoms with Crippen LogP contribution in [0.3, 0.4) is 0 Å². The minimum Gasteiger partial charge on any atom is -0.325 e. The van der Waals surface area contributed by atoms with Gasteiger partial charge in [-0.05, 0) is 6.08 Å². The molecular formula is C6H7N2. The van der Waals surface area contributed by atoms with Crippen LogP contribution in [-0.2, 0) is 0 Å². The maximum absolute atomic E-state index is 3.12. The molecule has 1 atom stereocenters. The number of hydrazine groups is 1. The molecule has 0 saturated carbocycles. The molecule has 0 amide bonds. The highest BCUT2D eigenvalue weighted by Crippen LogP contribution is 2.10. The second-order valence-electron chi connectivity index (χ2n) is 1.97. The van der Waals surface area contributed by atoms with Gasteiger partial charge in [0.2, 0.25) is 0 Å². The molecule has 0 aromatic rings. The van der Waals surface area contributed by atoms with E-state index in [-0.39, 0.29) is 0 Å². The number of rotatable bonds is 0. The molecular weight excluding hydrogens is 100 g/mol. The summed E-state index contributed by atoms with van der Waals surface area (Å²) >= 11 is 0. The maximum Gasteiger partial charge on any atom is 0.0743 e. The van der Waals surface area contributed by atoms with E-state index in [0.717, 1.165) is 6.54 Å². The van der Waals surface area contributed by atoms with Crippen LogP contribution >= 0.6 is 0 Å². The molecule has 0 fully saturated rings. The minimum absolute atomic E-state index is 0.412. The van der Waals surface area contributed by atoms with Crippen LogP contribution in [-0.4, -0.2) is 17.6 Å². The lowest BCUT2D eigenvalue weighted by molar-refractivity contribution is 0.270. The highest BCUT2D eigenvalue weighted by molar-refractivity contribution is 5.11. The zero-order valence-corrected chi connectivity index (χ0v) is 4.46. The van der Waals surface area contributed by atoms with Gasteiger partial charge in [-0.15, -0.1) is 0 Å². The summed E-state index contributed by atoms with van der Waals surface area (Å²) in [5, 5.41) is 2.11. The number of hydrogen-bond acceptors (Lipinski definition) is 2. The molecule has 0 bridgehead atoms. The summed E-state index contributed by atoms with van der Waals surface area (Å²) in [7, 11) is 0. The van der Waals surface area contributed by atoms with Crippen molar-refractivity contribution in [2.24, 2.45) is 0 Å². The lowest BCUT2D eigenvalue weighted by Gasteiger charge is -2.13. The Morgan fingerprint density at radius 1 is 1.75 bits per heavy atom. The quantitative estimate of drug-likeness (QED) is 0.440. The third-order valence-electron chi connectivity index (χ3n) is 1.44. The average Bonchev–Trinajstić information content (AvgIpc) is 2.15. The molecule has 1 unspecified atom stereocenters. The molecule has 2 rings (SSSR count). The topological polar surface area (TPSA) is 15.3 Å². The van der Waals surface area contributed by atoms with Crippen LogP contribution in [0.2, 0.25) is 0 Å². The molecule has 2 heterocycles. The van der Waals surface area contributed by atoms with Crippen molar-refractivity contribution in [2.45, 2.75) is 6.04 Å². The van der Waals surface area contributed by atoms with Gasteiger partial charge in [0.05, 0.1) is 6.04 Å². The van der Waals surface area contributed by atoms with Gasteiger partial charge in [-0.25, -0.2) is 5.01 Å². The summed E-state index contributed by atoms with van der Waals surface area (Å²) in [5.74, 6) is 0. The molecule has 41 valence electrons. The number of nitrogens with one attached hydrogen (secondary N) is 1. The molecule has 2 heteroatoms. The molecule has 0 aromatic heterocycles. The van der Waals surface area contributed by atoms with Crippen molar-refractivity contribution in [3.8, 4) is 0 Å². The molecule has 2 aliphatic heterocycles. The van der Waals surface area contributed by atoms with Crippen molar-refractivity contribution in [1.82, 2.24) is 10.4 Å². The fourth-order valence-electron chi connectivity index (χ4n) is 1.00. The molecule has 0 spiro atoms. The number of fused-ring (bicyclic) bond motifs is 1. The van der Waals surface area contributed by atoms with Crippen LogP contribution in [0, 0.1) is 6.08 Å². The lowest BCUT2D eigenvalue weighted by atomic mass is 10.3. The first-order valence-corrected chi connectivity index (χ1v) is 2.74. The smallest absolute Gasteiger partial charge is 0.0743 e. The number of hydrogen-bond donors (Lipinski definition) is 1. The van der Waals surface area contributed by atoms with Crippen molar-refractivity contribution in [2.75, 3.05) is 6.54 Å². The Balaban J connectivity index is 2.22. The molecule has 0 saturated heterocycles. The van der Waals surface area contributed by atoms with Gasteiger partial charge in [0, 0.05) is 12.7 Å². The van der Waals surface area contributed by atoms with Crippen molar-refractivity contribution in [3.05, 3.63) is 24.4 Å². The second kappa shape index (κ2) is 1.36. The summed E-state index contributed by atoms with van der Waals surface area (Å²) in [6.45, 7) is 1.01. The van der Waals surface area contributed by atoms with Gasteiger partial charge in [0.1, 0.15) is 0 Å². The zero-order chi connectivity index (χ0) is 5.40. The van der Waals surface area contributed by atoms with Crippen LogP contribution in [0.4, 0.5) is 0 Å². The SMILES string of the molecule is [C]1=CNN2CC=CC12. The Bertz CT molecular complexity index is 133. The van der Waals surface area contributed by atoms with Crippen molar-refractivity contribution >= 4 is 0 Å². The predicted molar refractivity (Wildman–Crippen MR) is 30.6 cm³/mol. The van der Waals surface area contributed by atoms with Gasteiger partial charge in [0.25, 0.3) is 0 Å². The Morgan fingerprint density at radius 2 is 2.75 bits per heavy atom. The van der Waals surface area contributed by atoms with Crippen LogP contribution in [0.15, 0.2) is 18.4 Å². The van der Waals surface area contributed by atoms with E-state index in [1.54, 1.807) is 0 Å². The van der Waals surface area contributed by atoms with Crippen LogP contribution in [0.5, 0.6) is 0 Å². The lowest BCUT2D eigenvalue weighted by Crippen LogP contribution is -2.32. The predicted octanol–water partition coefficient (Wildman–Crippen LogP) is 0.0619. The van der Waals surface area contributed by atoms with Gasteiger partial charge >= 0.3 is 0 Å². The third kappa shape index (κ3) is 0.406. The monoisotopic (exact) mass is 107 g/mol. The normalized spacial score (nSPS) is 33.2. The fraction of sp³-hybridized carbons (Fsp3) is 0.333. The fourth-order valence-corrected chi connectivity index (χ4v) is 1.00. The van der Waals surface area contributed by atoms with Crippen molar-refractivity contribution in [3.63, 3.8) is 0 Å². The highest BCUT2D eigenvalue weighted by Gasteiger charge is 2.19. The summed E-state index contributed by atoms with van der Waals surface area (Å²) in [6, 6.07) is 0.412. The minimum atomic E-state index is 0.412. The van der Waals surface area contributed by atoms with E-state index < -0.39 is 0 Å². The Kier molecular flexibility index (Phi) is 0.704. The van der Waals surface area contributed by atoms with Crippen LogP contribution in [0.1, 0.15) is 0 Å². The van der Waals surface area contributed by atoms with E-state index in [2.05, 4.69) is 28.7 Å². The standard InChI is InChI=1S/C6H7N2/c1-2-6-3-4-7-8(6)5-1/h1-2,4,6-7H,5H2. The van der Waals surface area contributed by atoms with E-state index in [9.17, 15) is 0 Å². The van der Waals surface area contributed by atoms with Crippen molar-refractivity contribution < 1.29 is 0 Å². The maximum atomic E-state index is 3.12. The van der Waals surface area contributed by atoms with Crippen LogP contribution in [0.25, 0.3) is 0 Å². The zero-order valence-electron chi connectivity index (χ0n) is 4.46. The Hall–Kier alpha value is -0.760. The van der Waals surface area contributed by atoms with Gasteiger partial charge in [0.15, 0.2) is 0 Å². The third-order valence-corrected chi connectivity index (χ3v) is 1.44. The largest absolute Gasteiger partial charge is 0.325 e. The first-order valence-electron chi connectivity index (χ1n) is 2.74. The van der Waals surface area contributed by atoms with Crippen LogP contribution < -0.4 is 5.43 Å². The second-order valence-corrected chi connectivity index (χ2v) is 1.97. The molecule has 2 nitrogen and oxygen atoms in total. The van der Waals surface area contributed by atoms with Crippen molar-refractivity contribution in [1.29, 1.82) is 0 Å². The molecule has 8 heavy (non-hydrogen) atoms. The van der Waals surface area contributed by atoms with E-state index in [0.29, 0.717) is 6.04 Å². The molecule has 2 aliphatic rings. The number of nitrogens with zero attached hydrogens (tertiary/aromatic N) is 1. The molecule has 1 radical (unpaired) electrons. The van der Waals surface area contributed by atoms with E-state index >= 15 is 0 Å².